The molecule has 2 heterocycles. The van der Waals surface area contributed by atoms with Gasteiger partial charge in [-0.25, -0.2) is 0 Å². The Morgan fingerprint density at radius 3 is 2.57 bits per heavy atom. The first-order valence-corrected chi connectivity index (χ1v) is 7.09. The van der Waals surface area contributed by atoms with Gasteiger partial charge in [-0.1, -0.05) is 12.1 Å². The minimum atomic E-state index is 0. The van der Waals surface area contributed by atoms with Gasteiger partial charge in [0.1, 0.15) is 0 Å². The maximum Gasteiger partial charge on any atom is 0.231 e. The lowest BCUT2D eigenvalue weighted by molar-refractivity contribution is -0.121. The molecule has 2 aliphatic heterocycles. The van der Waals surface area contributed by atoms with E-state index >= 15 is 0 Å². The molecule has 1 amide bonds. The quantitative estimate of drug-likeness (QED) is 0.857. The number of nitrogens with zero attached hydrogens (tertiary/aromatic N) is 2. The number of anilines is 2. The highest BCUT2D eigenvalue weighted by atomic mass is 35.5. The summed E-state index contributed by atoms with van der Waals surface area (Å²) < 4.78 is 0. The summed E-state index contributed by atoms with van der Waals surface area (Å²) in [4.78, 5) is 16.9. The summed E-state index contributed by atoms with van der Waals surface area (Å²) in [6.45, 7) is 3.62. The fraction of sp³-hybridized carbons (Fsp3) is 0.533. The Hall–Kier alpha value is -0.970. The number of carbonyl (C=O) groups excluding carboxylic acids is 1. The predicted octanol–water partition coefficient (Wildman–Crippen LogP) is 2.31. The largest absolute Gasteiger partial charge is 0.373 e. The van der Waals surface area contributed by atoms with Crippen molar-refractivity contribution in [1.29, 1.82) is 0 Å². The van der Waals surface area contributed by atoms with E-state index in [4.69, 9.17) is 0 Å². The van der Waals surface area contributed by atoms with E-state index in [9.17, 15) is 4.79 Å². The van der Waals surface area contributed by atoms with E-state index in [2.05, 4.69) is 29.4 Å². The minimum Gasteiger partial charge on any atom is -0.373 e. The number of amides is 1. The van der Waals surface area contributed by atoms with Gasteiger partial charge in [0.25, 0.3) is 0 Å². The minimum absolute atomic E-state index is 0. The molecule has 1 atom stereocenters. The van der Waals surface area contributed by atoms with E-state index in [-0.39, 0.29) is 36.6 Å². The molecule has 1 fully saturated rings. The zero-order valence-electron chi connectivity index (χ0n) is 12.2. The first-order valence-electron chi connectivity index (χ1n) is 7.09. The van der Waals surface area contributed by atoms with Gasteiger partial charge in [0.2, 0.25) is 5.91 Å². The molecule has 0 radical (unpaired) electrons. The molecule has 1 saturated heterocycles. The number of benzene rings is 1. The van der Waals surface area contributed by atoms with Crippen molar-refractivity contribution in [3.63, 3.8) is 0 Å². The van der Waals surface area contributed by atoms with Crippen LogP contribution in [0.3, 0.4) is 0 Å². The van der Waals surface area contributed by atoms with E-state index in [0.717, 1.165) is 44.7 Å². The highest BCUT2D eigenvalue weighted by Crippen LogP contribution is 2.32. The molecule has 0 bridgehead atoms. The third-order valence-corrected chi connectivity index (χ3v) is 4.13. The second-order valence-corrected chi connectivity index (χ2v) is 5.44. The predicted molar refractivity (Wildman–Crippen MR) is 92.2 cm³/mol. The summed E-state index contributed by atoms with van der Waals surface area (Å²) in [6, 6.07) is 8.23. The molecule has 0 aromatic heterocycles. The first kappa shape index (κ1) is 18.1. The molecular weight excluding hydrogens is 309 g/mol. The maximum atomic E-state index is 12.7. The number of rotatable bonds is 1. The molecule has 3 rings (SSSR count). The van der Waals surface area contributed by atoms with E-state index in [1.54, 1.807) is 0 Å². The van der Waals surface area contributed by atoms with Crippen molar-refractivity contribution in [1.82, 2.24) is 5.32 Å². The lowest BCUT2D eigenvalue weighted by Crippen LogP contribution is -2.37. The molecule has 118 valence electrons. The van der Waals surface area contributed by atoms with Crippen LogP contribution in [0.5, 0.6) is 0 Å². The topological polar surface area (TPSA) is 35.6 Å². The third kappa shape index (κ3) is 3.62. The molecule has 4 nitrogen and oxygen atoms in total. The summed E-state index contributed by atoms with van der Waals surface area (Å²) in [5.74, 6) is 0.434. The van der Waals surface area contributed by atoms with E-state index in [1.165, 1.54) is 5.69 Å². The van der Waals surface area contributed by atoms with Crippen molar-refractivity contribution in [2.24, 2.45) is 5.92 Å². The molecule has 1 unspecified atom stereocenters. The monoisotopic (exact) mass is 331 g/mol. The molecule has 0 spiro atoms. The molecule has 0 saturated carbocycles. The highest BCUT2D eigenvalue weighted by Gasteiger charge is 2.30. The molecule has 1 N–H and O–H groups in total. The van der Waals surface area contributed by atoms with Gasteiger partial charge in [0, 0.05) is 26.7 Å². The van der Waals surface area contributed by atoms with Crippen molar-refractivity contribution in [3.05, 3.63) is 24.3 Å². The van der Waals surface area contributed by atoms with Crippen molar-refractivity contribution in [2.45, 2.75) is 12.8 Å². The Morgan fingerprint density at radius 2 is 1.90 bits per heavy atom. The van der Waals surface area contributed by atoms with Crippen molar-refractivity contribution in [2.75, 3.05) is 43.0 Å². The lowest BCUT2D eigenvalue weighted by atomic mass is 10.1. The number of para-hydroxylation sites is 2. The second kappa shape index (κ2) is 7.87. The fourth-order valence-electron chi connectivity index (χ4n) is 3.04. The standard InChI is InChI=1S/C15H21N3O.2ClH/c1-17-9-4-10-18(14-6-3-2-5-13(14)17)15(19)12-7-8-16-11-12;;/h2-3,5-6,12,16H,4,7-11H2,1H3;2*1H. The van der Waals surface area contributed by atoms with Crippen molar-refractivity contribution >= 4 is 42.1 Å². The number of nitrogens with one attached hydrogen (secondary N) is 1. The highest BCUT2D eigenvalue weighted by molar-refractivity contribution is 5.98. The van der Waals surface area contributed by atoms with Crippen LogP contribution in [0.2, 0.25) is 0 Å². The normalized spacial score (nSPS) is 20.9. The van der Waals surface area contributed by atoms with Crippen LogP contribution in [0.4, 0.5) is 11.4 Å². The first-order chi connectivity index (χ1) is 9.27. The molecule has 0 aliphatic carbocycles. The van der Waals surface area contributed by atoms with Crippen LogP contribution >= 0.6 is 24.8 Å². The average Bonchev–Trinajstić information content (AvgIpc) is 2.91. The van der Waals surface area contributed by atoms with Gasteiger partial charge in [-0.3, -0.25) is 4.79 Å². The Balaban J connectivity index is 0.00000110. The summed E-state index contributed by atoms with van der Waals surface area (Å²) in [5.41, 5.74) is 2.23. The lowest BCUT2D eigenvalue weighted by Gasteiger charge is -2.26. The Morgan fingerprint density at radius 1 is 1.19 bits per heavy atom. The molecule has 6 heteroatoms. The fourth-order valence-corrected chi connectivity index (χ4v) is 3.04. The molecule has 2 aliphatic rings. The summed E-state index contributed by atoms with van der Waals surface area (Å²) >= 11 is 0. The number of hydrogen-bond acceptors (Lipinski definition) is 3. The summed E-state index contributed by atoms with van der Waals surface area (Å²) in [5, 5.41) is 3.28. The van der Waals surface area contributed by atoms with Crippen LogP contribution in [0, 0.1) is 5.92 Å². The Labute approximate surface area is 138 Å². The van der Waals surface area contributed by atoms with Crippen LogP contribution in [0.1, 0.15) is 12.8 Å². The third-order valence-electron chi connectivity index (χ3n) is 4.13. The number of fused-ring (bicyclic) bond motifs is 1. The molecule has 1 aromatic carbocycles. The van der Waals surface area contributed by atoms with Gasteiger partial charge in [-0.15, -0.1) is 24.8 Å². The zero-order chi connectivity index (χ0) is 13.2. The number of halogens is 2. The SMILES string of the molecule is CN1CCCN(C(=O)C2CCNC2)c2ccccc21.Cl.Cl. The maximum absolute atomic E-state index is 12.7. The molecule has 21 heavy (non-hydrogen) atoms. The van der Waals surface area contributed by atoms with Crippen LogP contribution in [-0.2, 0) is 4.79 Å². The van der Waals surface area contributed by atoms with Crippen LogP contribution < -0.4 is 15.1 Å². The Bertz CT molecular complexity index is 478. The summed E-state index contributed by atoms with van der Waals surface area (Å²) in [6.07, 6.45) is 1.99. The van der Waals surface area contributed by atoms with Crippen LogP contribution in [0.15, 0.2) is 24.3 Å². The van der Waals surface area contributed by atoms with Crippen LogP contribution in [-0.4, -0.2) is 39.1 Å². The smallest absolute Gasteiger partial charge is 0.231 e. The average molecular weight is 332 g/mol. The van der Waals surface area contributed by atoms with Crippen LogP contribution in [0.25, 0.3) is 0 Å². The van der Waals surface area contributed by atoms with Crippen molar-refractivity contribution < 1.29 is 4.79 Å². The van der Waals surface area contributed by atoms with E-state index in [0.29, 0.717) is 0 Å². The van der Waals surface area contributed by atoms with Gasteiger partial charge in [-0.05, 0) is 31.5 Å². The van der Waals surface area contributed by atoms with E-state index in [1.807, 2.05) is 17.0 Å². The number of carbonyl (C=O) groups is 1. The van der Waals surface area contributed by atoms with Gasteiger partial charge < -0.3 is 15.1 Å². The van der Waals surface area contributed by atoms with Gasteiger partial charge in [0.15, 0.2) is 0 Å². The van der Waals surface area contributed by atoms with Crippen molar-refractivity contribution in [3.8, 4) is 0 Å². The number of hydrogen-bond donors (Lipinski definition) is 1. The molecular formula is C15H23Cl2N3O. The van der Waals surface area contributed by atoms with Gasteiger partial charge >= 0.3 is 0 Å². The summed E-state index contributed by atoms with van der Waals surface area (Å²) in [7, 11) is 2.10. The molecule has 1 aromatic rings. The van der Waals surface area contributed by atoms with Gasteiger partial charge in [0.05, 0.1) is 17.3 Å². The zero-order valence-corrected chi connectivity index (χ0v) is 13.9. The Kier molecular flexibility index (Phi) is 6.78. The van der Waals surface area contributed by atoms with E-state index < -0.39 is 0 Å². The van der Waals surface area contributed by atoms with Gasteiger partial charge in [-0.2, -0.15) is 0 Å². The second-order valence-electron chi connectivity index (χ2n) is 5.44.